The highest BCUT2D eigenvalue weighted by atomic mass is 19.4. The van der Waals surface area contributed by atoms with Gasteiger partial charge in [0, 0.05) is 5.56 Å². The second-order valence-corrected chi connectivity index (χ2v) is 5.27. The Labute approximate surface area is 127 Å². The second-order valence-electron chi connectivity index (χ2n) is 5.27. The smallest absolute Gasteiger partial charge is 0.321 e. The van der Waals surface area contributed by atoms with Gasteiger partial charge in [0.15, 0.2) is 0 Å². The van der Waals surface area contributed by atoms with Gasteiger partial charge in [0.25, 0.3) is 5.91 Å². The molecular weight excluding hydrogens is 291 g/mol. The van der Waals surface area contributed by atoms with Crippen molar-refractivity contribution in [1.29, 1.82) is 0 Å². The molecule has 1 N–H and O–H groups in total. The van der Waals surface area contributed by atoms with E-state index < -0.39 is 17.6 Å². The van der Waals surface area contributed by atoms with E-state index in [0.717, 1.165) is 11.6 Å². The van der Waals surface area contributed by atoms with E-state index in [0.29, 0.717) is 11.5 Å². The Morgan fingerprint density at radius 2 is 1.59 bits per heavy atom. The molecule has 2 aromatic rings. The molecule has 0 saturated heterocycles. The minimum atomic E-state index is -4.51. The maximum absolute atomic E-state index is 12.9. The van der Waals surface area contributed by atoms with Crippen molar-refractivity contribution >= 4 is 11.6 Å². The van der Waals surface area contributed by atoms with E-state index in [1.165, 1.54) is 18.2 Å². The largest absolute Gasteiger partial charge is 0.418 e. The quantitative estimate of drug-likeness (QED) is 0.841. The Balaban J connectivity index is 2.22. The third-order valence-electron chi connectivity index (χ3n) is 3.32. The van der Waals surface area contributed by atoms with Crippen LogP contribution in [0.15, 0.2) is 48.5 Å². The van der Waals surface area contributed by atoms with Gasteiger partial charge in [-0.3, -0.25) is 4.79 Å². The molecule has 22 heavy (non-hydrogen) atoms. The molecule has 0 atom stereocenters. The molecular formula is C17H16F3NO. The number of para-hydroxylation sites is 1. The Kier molecular flexibility index (Phi) is 4.54. The van der Waals surface area contributed by atoms with E-state index in [9.17, 15) is 18.0 Å². The molecule has 0 aliphatic carbocycles. The maximum atomic E-state index is 12.9. The van der Waals surface area contributed by atoms with Gasteiger partial charge in [-0.2, -0.15) is 13.2 Å². The van der Waals surface area contributed by atoms with Crippen molar-refractivity contribution in [2.24, 2.45) is 0 Å². The zero-order chi connectivity index (χ0) is 16.3. The first kappa shape index (κ1) is 16.1. The predicted molar refractivity (Wildman–Crippen MR) is 79.9 cm³/mol. The average Bonchev–Trinajstić information content (AvgIpc) is 2.46. The fourth-order valence-electron chi connectivity index (χ4n) is 2.05. The lowest BCUT2D eigenvalue weighted by Gasteiger charge is -2.13. The molecule has 5 heteroatoms. The standard InChI is InChI=1S/C17H16F3NO/c1-11(2)12-7-9-13(10-8-12)16(22)21-15-6-4-3-5-14(15)17(18,19)20/h3-11H,1-2H3,(H,21,22). The Morgan fingerprint density at radius 1 is 1.00 bits per heavy atom. The fourth-order valence-corrected chi connectivity index (χ4v) is 2.05. The van der Waals surface area contributed by atoms with E-state index in [-0.39, 0.29) is 5.69 Å². The third kappa shape index (κ3) is 3.67. The highest BCUT2D eigenvalue weighted by molar-refractivity contribution is 6.04. The van der Waals surface area contributed by atoms with Gasteiger partial charge in [-0.15, -0.1) is 0 Å². The summed E-state index contributed by atoms with van der Waals surface area (Å²) in [5.41, 5.74) is 0.281. The van der Waals surface area contributed by atoms with E-state index in [1.54, 1.807) is 24.3 Å². The number of rotatable bonds is 3. The van der Waals surface area contributed by atoms with E-state index in [1.807, 2.05) is 13.8 Å². The number of carbonyl (C=O) groups excluding carboxylic acids is 1. The molecule has 1 amide bonds. The molecule has 0 aliphatic rings. The number of alkyl halides is 3. The highest BCUT2D eigenvalue weighted by Crippen LogP contribution is 2.34. The number of hydrogen-bond donors (Lipinski definition) is 1. The number of anilines is 1. The molecule has 0 saturated carbocycles. The van der Waals surface area contributed by atoms with Crippen LogP contribution in [-0.4, -0.2) is 5.91 Å². The molecule has 0 heterocycles. The zero-order valence-corrected chi connectivity index (χ0v) is 12.2. The van der Waals surface area contributed by atoms with Crippen LogP contribution in [0.25, 0.3) is 0 Å². The first-order valence-corrected chi connectivity index (χ1v) is 6.86. The Hall–Kier alpha value is -2.30. The molecule has 0 radical (unpaired) electrons. The van der Waals surface area contributed by atoms with Gasteiger partial charge in [-0.05, 0) is 35.7 Å². The first-order valence-electron chi connectivity index (χ1n) is 6.86. The van der Waals surface area contributed by atoms with Crippen LogP contribution in [-0.2, 0) is 6.18 Å². The summed E-state index contributed by atoms with van der Waals surface area (Å²) in [6, 6.07) is 11.7. The normalized spacial score (nSPS) is 11.5. The van der Waals surface area contributed by atoms with Gasteiger partial charge in [0.2, 0.25) is 0 Å². The molecule has 2 rings (SSSR count). The lowest BCUT2D eigenvalue weighted by atomic mass is 10.0. The summed E-state index contributed by atoms with van der Waals surface area (Å²) in [5, 5.41) is 2.32. The summed E-state index contributed by atoms with van der Waals surface area (Å²) in [6.07, 6.45) is -4.51. The Morgan fingerprint density at radius 3 is 2.14 bits per heavy atom. The van der Waals surface area contributed by atoms with Gasteiger partial charge in [0.1, 0.15) is 0 Å². The van der Waals surface area contributed by atoms with E-state index in [2.05, 4.69) is 5.32 Å². The number of amides is 1. The van der Waals surface area contributed by atoms with Crippen molar-refractivity contribution in [3.8, 4) is 0 Å². The third-order valence-corrected chi connectivity index (χ3v) is 3.32. The first-order chi connectivity index (χ1) is 10.3. The molecule has 0 spiro atoms. The number of nitrogens with one attached hydrogen (secondary N) is 1. The molecule has 2 aromatic carbocycles. The maximum Gasteiger partial charge on any atom is 0.418 e. The highest BCUT2D eigenvalue weighted by Gasteiger charge is 2.33. The SMILES string of the molecule is CC(C)c1ccc(C(=O)Nc2ccccc2C(F)(F)F)cc1. The number of benzene rings is 2. The van der Waals surface area contributed by atoms with Crippen LogP contribution in [0.2, 0.25) is 0 Å². The van der Waals surface area contributed by atoms with Crippen LogP contribution in [0.3, 0.4) is 0 Å². The molecule has 116 valence electrons. The van der Waals surface area contributed by atoms with Crippen LogP contribution in [0.5, 0.6) is 0 Å². The topological polar surface area (TPSA) is 29.1 Å². The summed E-state index contributed by atoms with van der Waals surface area (Å²) >= 11 is 0. The second kappa shape index (κ2) is 6.22. The predicted octanol–water partition coefficient (Wildman–Crippen LogP) is 5.08. The van der Waals surface area contributed by atoms with Crippen LogP contribution < -0.4 is 5.32 Å². The lowest BCUT2D eigenvalue weighted by molar-refractivity contribution is -0.136. The minimum Gasteiger partial charge on any atom is -0.321 e. The van der Waals surface area contributed by atoms with Gasteiger partial charge in [0.05, 0.1) is 11.3 Å². The van der Waals surface area contributed by atoms with Crippen LogP contribution in [0, 0.1) is 0 Å². The summed E-state index contributed by atoms with van der Waals surface area (Å²) in [6.45, 7) is 4.04. The Bertz CT molecular complexity index is 660. The number of halogens is 3. The number of hydrogen-bond acceptors (Lipinski definition) is 1. The molecule has 2 nitrogen and oxygen atoms in total. The van der Waals surface area contributed by atoms with Crippen molar-refractivity contribution < 1.29 is 18.0 Å². The van der Waals surface area contributed by atoms with Crippen LogP contribution in [0.4, 0.5) is 18.9 Å². The minimum absolute atomic E-state index is 0.243. The van der Waals surface area contributed by atoms with Gasteiger partial charge < -0.3 is 5.32 Å². The molecule has 0 aromatic heterocycles. The fraction of sp³-hybridized carbons (Fsp3) is 0.235. The van der Waals surface area contributed by atoms with Gasteiger partial charge in [-0.1, -0.05) is 38.1 Å². The molecule has 0 aliphatic heterocycles. The van der Waals surface area contributed by atoms with E-state index >= 15 is 0 Å². The molecule has 0 fully saturated rings. The van der Waals surface area contributed by atoms with Crippen LogP contribution in [0.1, 0.15) is 41.3 Å². The van der Waals surface area contributed by atoms with Crippen LogP contribution >= 0.6 is 0 Å². The van der Waals surface area contributed by atoms with Crippen molar-refractivity contribution in [1.82, 2.24) is 0 Å². The monoisotopic (exact) mass is 307 g/mol. The summed E-state index contributed by atoms with van der Waals surface area (Å²) in [4.78, 5) is 12.1. The molecule has 0 unspecified atom stereocenters. The summed E-state index contributed by atoms with van der Waals surface area (Å²) in [7, 11) is 0. The summed E-state index contributed by atoms with van der Waals surface area (Å²) < 4.78 is 38.7. The number of carbonyl (C=O) groups is 1. The zero-order valence-electron chi connectivity index (χ0n) is 12.2. The van der Waals surface area contributed by atoms with E-state index in [4.69, 9.17) is 0 Å². The van der Waals surface area contributed by atoms with Gasteiger partial charge >= 0.3 is 6.18 Å². The van der Waals surface area contributed by atoms with Crippen molar-refractivity contribution in [3.05, 3.63) is 65.2 Å². The van der Waals surface area contributed by atoms with Gasteiger partial charge in [-0.25, -0.2) is 0 Å². The summed E-state index contributed by atoms with van der Waals surface area (Å²) in [5.74, 6) is -0.241. The lowest BCUT2D eigenvalue weighted by Crippen LogP contribution is -2.16. The van der Waals surface area contributed by atoms with Crippen molar-refractivity contribution in [3.63, 3.8) is 0 Å². The van der Waals surface area contributed by atoms with Crippen molar-refractivity contribution in [2.75, 3.05) is 5.32 Å². The molecule has 0 bridgehead atoms. The average molecular weight is 307 g/mol. The van der Waals surface area contributed by atoms with Crippen molar-refractivity contribution in [2.45, 2.75) is 25.9 Å².